The molecule has 4 rings (SSSR count). The van der Waals surface area contributed by atoms with E-state index < -0.39 is 17.7 Å². The van der Waals surface area contributed by atoms with E-state index in [-0.39, 0.29) is 24.4 Å². The maximum Gasteiger partial charge on any atom is 0.262 e. The molecular formula is C24H21F2N3O2S. The fourth-order valence-corrected chi connectivity index (χ4v) is 4.38. The number of nitrogens with zero attached hydrogens (tertiary/aromatic N) is 2. The van der Waals surface area contributed by atoms with E-state index >= 15 is 0 Å². The first-order chi connectivity index (χ1) is 15.3. The number of halogens is 2. The number of fused-ring (bicyclic) bond motifs is 1. The number of amides is 1. The van der Waals surface area contributed by atoms with E-state index in [1.54, 1.807) is 6.92 Å². The lowest BCUT2D eigenvalue weighted by atomic mass is 10.1. The summed E-state index contributed by atoms with van der Waals surface area (Å²) in [4.78, 5) is 30.5. The number of nitrogens with one attached hydrogen (secondary N) is 1. The van der Waals surface area contributed by atoms with E-state index in [2.05, 4.69) is 10.3 Å². The third-order valence-corrected chi connectivity index (χ3v) is 6.21. The molecule has 0 aliphatic rings. The van der Waals surface area contributed by atoms with Crippen molar-refractivity contribution in [2.24, 2.45) is 0 Å². The first-order valence-corrected chi connectivity index (χ1v) is 11.0. The van der Waals surface area contributed by atoms with Crippen molar-refractivity contribution in [3.05, 3.63) is 87.3 Å². The molecule has 0 bridgehead atoms. The van der Waals surface area contributed by atoms with E-state index in [4.69, 9.17) is 0 Å². The molecule has 2 heterocycles. The fraction of sp³-hybridized carbons (Fsp3) is 0.208. The lowest BCUT2D eigenvalue weighted by Crippen LogP contribution is -2.29. The van der Waals surface area contributed by atoms with E-state index in [0.717, 1.165) is 28.8 Å². The number of aryl methyl sites for hydroxylation is 2. The second-order valence-corrected chi connectivity index (χ2v) is 8.51. The van der Waals surface area contributed by atoms with Crippen LogP contribution in [0.15, 0.2) is 59.0 Å². The Labute approximate surface area is 187 Å². The zero-order valence-corrected chi connectivity index (χ0v) is 18.4. The second kappa shape index (κ2) is 9.00. The summed E-state index contributed by atoms with van der Waals surface area (Å²) in [6, 6.07) is 10.9. The van der Waals surface area contributed by atoms with Crippen molar-refractivity contribution >= 4 is 27.5 Å². The van der Waals surface area contributed by atoms with Crippen molar-refractivity contribution in [2.75, 3.05) is 0 Å². The summed E-state index contributed by atoms with van der Waals surface area (Å²) in [7, 11) is 0. The van der Waals surface area contributed by atoms with Crippen LogP contribution in [0.2, 0.25) is 0 Å². The molecule has 1 amide bonds. The van der Waals surface area contributed by atoms with Crippen LogP contribution < -0.4 is 10.9 Å². The Morgan fingerprint density at radius 2 is 1.91 bits per heavy atom. The van der Waals surface area contributed by atoms with Crippen LogP contribution in [0.5, 0.6) is 0 Å². The van der Waals surface area contributed by atoms with Gasteiger partial charge in [-0.15, -0.1) is 11.3 Å². The quantitative estimate of drug-likeness (QED) is 0.448. The molecule has 8 heteroatoms. The van der Waals surface area contributed by atoms with E-state index in [1.807, 2.05) is 36.6 Å². The van der Waals surface area contributed by atoms with E-state index in [1.165, 1.54) is 28.3 Å². The molecule has 0 saturated carbocycles. The van der Waals surface area contributed by atoms with Crippen molar-refractivity contribution < 1.29 is 13.6 Å². The lowest BCUT2D eigenvalue weighted by molar-refractivity contribution is -0.121. The van der Waals surface area contributed by atoms with Crippen molar-refractivity contribution in [1.82, 2.24) is 14.9 Å². The number of rotatable bonds is 6. The van der Waals surface area contributed by atoms with Gasteiger partial charge in [0.05, 0.1) is 17.8 Å². The van der Waals surface area contributed by atoms with Crippen molar-refractivity contribution in [3.63, 3.8) is 0 Å². The van der Waals surface area contributed by atoms with Crippen LogP contribution in [0.1, 0.15) is 30.5 Å². The van der Waals surface area contributed by atoms with Crippen molar-refractivity contribution in [3.8, 4) is 11.1 Å². The van der Waals surface area contributed by atoms with Gasteiger partial charge < -0.3 is 5.32 Å². The summed E-state index contributed by atoms with van der Waals surface area (Å²) >= 11 is 1.41. The molecule has 1 N–H and O–H groups in total. The van der Waals surface area contributed by atoms with Gasteiger partial charge in [-0.2, -0.15) is 0 Å². The highest BCUT2D eigenvalue weighted by atomic mass is 32.1. The Hall–Kier alpha value is -3.39. The number of benzene rings is 2. The zero-order chi connectivity index (χ0) is 22.8. The number of thiophene rings is 1. The average molecular weight is 454 g/mol. The van der Waals surface area contributed by atoms with Crippen LogP contribution in [-0.4, -0.2) is 15.5 Å². The standard InChI is InChI=1S/C24H21F2N3O2S/c1-14-3-5-16(6-4-14)18-12-32-23-22(18)24(31)29(13-27-23)10-9-21(30)28-15(2)17-7-8-19(25)20(26)11-17/h3-8,11-13,15H,9-10H2,1-2H3,(H,28,30)/t15-/m0/s1. The molecule has 0 unspecified atom stereocenters. The highest BCUT2D eigenvalue weighted by molar-refractivity contribution is 7.17. The summed E-state index contributed by atoms with van der Waals surface area (Å²) in [5.41, 5.74) is 3.16. The van der Waals surface area contributed by atoms with Gasteiger partial charge in [0.2, 0.25) is 5.91 Å². The molecule has 32 heavy (non-hydrogen) atoms. The summed E-state index contributed by atoms with van der Waals surface area (Å²) in [5, 5.41) is 5.21. The third-order valence-electron chi connectivity index (χ3n) is 5.32. The van der Waals surface area contributed by atoms with Crippen LogP contribution >= 0.6 is 11.3 Å². The number of carbonyl (C=O) groups is 1. The van der Waals surface area contributed by atoms with Gasteiger partial charge in [-0.25, -0.2) is 13.8 Å². The van der Waals surface area contributed by atoms with Crippen molar-refractivity contribution in [1.29, 1.82) is 0 Å². The molecule has 0 spiro atoms. The van der Waals surface area contributed by atoms with Gasteiger partial charge in [0.1, 0.15) is 4.83 Å². The third kappa shape index (κ3) is 4.45. The second-order valence-electron chi connectivity index (χ2n) is 7.65. The lowest BCUT2D eigenvalue weighted by Gasteiger charge is -2.15. The normalized spacial score (nSPS) is 12.1. The van der Waals surface area contributed by atoms with Gasteiger partial charge in [0.25, 0.3) is 5.56 Å². The molecule has 0 aliphatic heterocycles. The molecule has 1 atom stereocenters. The molecule has 2 aromatic carbocycles. The SMILES string of the molecule is Cc1ccc(-c2csc3ncn(CCC(=O)N[C@@H](C)c4ccc(F)c(F)c4)c(=O)c23)cc1. The molecule has 164 valence electrons. The molecule has 0 aliphatic carbocycles. The van der Waals surface area contributed by atoms with Crippen molar-refractivity contribution in [2.45, 2.75) is 32.9 Å². The van der Waals surface area contributed by atoms with Crippen LogP contribution in [0.4, 0.5) is 8.78 Å². The summed E-state index contributed by atoms with van der Waals surface area (Å²) < 4.78 is 28.0. The monoisotopic (exact) mass is 453 g/mol. The van der Waals surface area contributed by atoms with Crippen LogP contribution in [0, 0.1) is 18.6 Å². The first-order valence-electron chi connectivity index (χ1n) is 10.1. The predicted octanol–water partition coefficient (Wildman–Crippen LogP) is 4.98. The minimum Gasteiger partial charge on any atom is -0.350 e. The molecule has 2 aromatic heterocycles. The maximum absolute atomic E-state index is 13.4. The maximum atomic E-state index is 13.4. The molecule has 0 radical (unpaired) electrons. The Bertz CT molecular complexity index is 1350. The number of carbonyl (C=O) groups excluding carboxylic acids is 1. The van der Waals surface area contributed by atoms with Gasteiger partial charge in [-0.3, -0.25) is 14.2 Å². The number of hydrogen-bond donors (Lipinski definition) is 1. The first kappa shape index (κ1) is 21.8. The molecular weight excluding hydrogens is 432 g/mol. The molecule has 4 aromatic rings. The van der Waals surface area contributed by atoms with Gasteiger partial charge >= 0.3 is 0 Å². The Kier molecular flexibility index (Phi) is 6.14. The van der Waals surface area contributed by atoms with Gasteiger partial charge in [-0.1, -0.05) is 35.9 Å². The van der Waals surface area contributed by atoms with Gasteiger partial charge in [0, 0.05) is 23.9 Å². The summed E-state index contributed by atoms with van der Waals surface area (Å²) in [6.45, 7) is 3.84. The van der Waals surface area contributed by atoms with Crippen LogP contribution in [0.3, 0.4) is 0 Å². The largest absolute Gasteiger partial charge is 0.350 e. The van der Waals surface area contributed by atoms with Gasteiger partial charge in [0.15, 0.2) is 11.6 Å². The van der Waals surface area contributed by atoms with Gasteiger partial charge in [-0.05, 0) is 37.1 Å². The van der Waals surface area contributed by atoms with E-state index in [9.17, 15) is 18.4 Å². The van der Waals surface area contributed by atoms with Crippen LogP contribution in [0.25, 0.3) is 21.3 Å². The minimum absolute atomic E-state index is 0.0467. The highest BCUT2D eigenvalue weighted by Gasteiger charge is 2.15. The number of aromatic nitrogens is 2. The summed E-state index contributed by atoms with van der Waals surface area (Å²) in [6.07, 6.45) is 1.50. The fourth-order valence-electron chi connectivity index (χ4n) is 3.47. The Morgan fingerprint density at radius 1 is 1.16 bits per heavy atom. The zero-order valence-electron chi connectivity index (χ0n) is 17.6. The molecule has 0 saturated heterocycles. The number of hydrogen-bond acceptors (Lipinski definition) is 4. The molecule has 5 nitrogen and oxygen atoms in total. The smallest absolute Gasteiger partial charge is 0.262 e. The minimum atomic E-state index is -0.963. The molecule has 0 fully saturated rings. The van der Waals surface area contributed by atoms with E-state index in [0.29, 0.717) is 15.8 Å². The predicted molar refractivity (Wildman–Crippen MR) is 122 cm³/mol. The Balaban J connectivity index is 1.49. The topological polar surface area (TPSA) is 64.0 Å². The summed E-state index contributed by atoms with van der Waals surface area (Å²) in [5.74, 6) is -2.21. The van der Waals surface area contributed by atoms with Crippen LogP contribution in [-0.2, 0) is 11.3 Å². The highest BCUT2D eigenvalue weighted by Crippen LogP contribution is 2.30. The Morgan fingerprint density at radius 3 is 2.62 bits per heavy atom. The average Bonchev–Trinajstić information content (AvgIpc) is 3.20.